The fraction of sp³-hybridized carbons (Fsp3) is 0.333. The van der Waals surface area contributed by atoms with E-state index in [4.69, 9.17) is 9.72 Å². The zero-order valence-electron chi connectivity index (χ0n) is 18.4. The SMILES string of the molecule is CCC1Oc2ccc(-c3csc(-c4ccccn4)n3)cc2N(CC(=O)NCC(C)C)C1=O. The van der Waals surface area contributed by atoms with E-state index < -0.39 is 6.10 Å². The molecular weight excluding hydrogens is 424 g/mol. The number of fused-ring (bicyclic) bond motifs is 1. The zero-order chi connectivity index (χ0) is 22.7. The number of nitrogens with zero attached hydrogens (tertiary/aromatic N) is 3. The molecule has 0 saturated heterocycles. The number of hydrogen-bond acceptors (Lipinski definition) is 6. The third kappa shape index (κ3) is 4.65. The molecule has 1 N–H and O–H groups in total. The van der Waals surface area contributed by atoms with Crippen LogP contribution in [0.1, 0.15) is 27.2 Å². The molecule has 8 heteroatoms. The first-order valence-corrected chi connectivity index (χ1v) is 11.6. The summed E-state index contributed by atoms with van der Waals surface area (Å²) in [4.78, 5) is 36.1. The van der Waals surface area contributed by atoms with E-state index in [0.717, 1.165) is 22.0 Å². The molecule has 3 aromatic rings. The van der Waals surface area contributed by atoms with Gasteiger partial charge in [0.25, 0.3) is 5.91 Å². The number of rotatable bonds is 7. The second kappa shape index (κ2) is 9.48. The van der Waals surface area contributed by atoms with Crippen LogP contribution in [0.25, 0.3) is 22.0 Å². The first kappa shape index (κ1) is 22.0. The fourth-order valence-corrected chi connectivity index (χ4v) is 4.24. The molecule has 1 aromatic carbocycles. The molecule has 1 aliphatic rings. The average Bonchev–Trinajstić information content (AvgIpc) is 3.30. The molecule has 0 aliphatic carbocycles. The summed E-state index contributed by atoms with van der Waals surface area (Å²) in [6.45, 7) is 6.48. The Hall–Kier alpha value is -3.26. The topological polar surface area (TPSA) is 84.4 Å². The molecule has 166 valence electrons. The lowest BCUT2D eigenvalue weighted by Gasteiger charge is -2.34. The number of anilines is 1. The molecule has 7 nitrogen and oxygen atoms in total. The predicted octanol–water partition coefficient (Wildman–Crippen LogP) is 4.15. The number of amides is 2. The highest BCUT2D eigenvalue weighted by atomic mass is 32.1. The van der Waals surface area contributed by atoms with Gasteiger partial charge in [-0.3, -0.25) is 19.5 Å². The largest absolute Gasteiger partial charge is 0.478 e. The molecular formula is C24H26N4O3S. The summed E-state index contributed by atoms with van der Waals surface area (Å²) in [6, 6.07) is 11.4. The molecule has 1 unspecified atom stereocenters. The van der Waals surface area contributed by atoms with Gasteiger partial charge in [0.05, 0.1) is 17.1 Å². The summed E-state index contributed by atoms with van der Waals surface area (Å²) in [5, 5.41) is 5.68. The molecule has 2 amide bonds. The van der Waals surface area contributed by atoms with Gasteiger partial charge in [0.1, 0.15) is 17.3 Å². The third-order valence-electron chi connectivity index (χ3n) is 5.12. The van der Waals surface area contributed by atoms with Gasteiger partial charge in [-0.15, -0.1) is 11.3 Å². The van der Waals surface area contributed by atoms with Crippen LogP contribution in [0, 0.1) is 5.92 Å². The van der Waals surface area contributed by atoms with Crippen molar-refractivity contribution in [2.75, 3.05) is 18.0 Å². The van der Waals surface area contributed by atoms with Crippen LogP contribution in [0.5, 0.6) is 5.75 Å². The smallest absolute Gasteiger partial charge is 0.268 e. The fourth-order valence-electron chi connectivity index (χ4n) is 3.44. The first-order chi connectivity index (χ1) is 15.5. The van der Waals surface area contributed by atoms with E-state index in [1.54, 1.807) is 6.20 Å². The Bertz CT molecular complexity index is 1110. The molecule has 0 bridgehead atoms. The van der Waals surface area contributed by atoms with Crippen molar-refractivity contribution < 1.29 is 14.3 Å². The van der Waals surface area contributed by atoms with Crippen LogP contribution in [0.4, 0.5) is 5.69 Å². The van der Waals surface area contributed by atoms with Crippen LogP contribution >= 0.6 is 11.3 Å². The lowest BCUT2D eigenvalue weighted by Crippen LogP contribution is -2.49. The number of ether oxygens (including phenoxy) is 1. The Kier molecular flexibility index (Phi) is 6.50. The highest BCUT2D eigenvalue weighted by molar-refractivity contribution is 7.13. The summed E-state index contributed by atoms with van der Waals surface area (Å²) in [5.41, 5.74) is 3.03. The third-order valence-corrected chi connectivity index (χ3v) is 5.99. The number of benzene rings is 1. The van der Waals surface area contributed by atoms with Gasteiger partial charge in [-0.25, -0.2) is 4.98 Å². The minimum absolute atomic E-state index is 0.0435. The maximum Gasteiger partial charge on any atom is 0.268 e. The molecule has 2 aromatic heterocycles. The normalized spacial score (nSPS) is 15.4. The Morgan fingerprint density at radius 2 is 2.09 bits per heavy atom. The quantitative estimate of drug-likeness (QED) is 0.585. The van der Waals surface area contributed by atoms with Crippen LogP contribution in [0.2, 0.25) is 0 Å². The molecule has 4 rings (SSSR count). The van der Waals surface area contributed by atoms with Crippen molar-refractivity contribution in [3.8, 4) is 27.7 Å². The van der Waals surface area contributed by atoms with E-state index in [-0.39, 0.29) is 18.4 Å². The van der Waals surface area contributed by atoms with Gasteiger partial charge < -0.3 is 10.1 Å². The van der Waals surface area contributed by atoms with Crippen molar-refractivity contribution >= 4 is 28.8 Å². The highest BCUT2D eigenvalue weighted by Crippen LogP contribution is 2.38. The van der Waals surface area contributed by atoms with E-state index in [0.29, 0.717) is 30.3 Å². The van der Waals surface area contributed by atoms with Gasteiger partial charge in [-0.2, -0.15) is 0 Å². The lowest BCUT2D eigenvalue weighted by molar-refractivity contribution is -0.129. The molecule has 0 radical (unpaired) electrons. The molecule has 3 heterocycles. The number of pyridine rings is 1. The lowest BCUT2D eigenvalue weighted by atomic mass is 10.1. The monoisotopic (exact) mass is 450 g/mol. The molecule has 0 fully saturated rings. The summed E-state index contributed by atoms with van der Waals surface area (Å²) < 4.78 is 5.92. The van der Waals surface area contributed by atoms with Gasteiger partial charge in [0, 0.05) is 23.7 Å². The van der Waals surface area contributed by atoms with Crippen LogP contribution < -0.4 is 15.0 Å². The summed E-state index contributed by atoms with van der Waals surface area (Å²) >= 11 is 1.51. The standard InChI is InChI=1S/C24H26N4O3S/c1-4-20-24(30)28(13-22(29)26-12-15(2)3)19-11-16(8-9-21(19)31-20)18-14-32-23(27-18)17-7-5-6-10-25-17/h5-11,14-15,20H,4,12-13H2,1-3H3,(H,26,29). The number of carbonyl (C=O) groups is 2. The van der Waals surface area contributed by atoms with E-state index in [1.807, 2.05) is 62.5 Å². The Morgan fingerprint density at radius 1 is 1.25 bits per heavy atom. The van der Waals surface area contributed by atoms with Crippen molar-refractivity contribution in [2.24, 2.45) is 5.92 Å². The highest BCUT2D eigenvalue weighted by Gasteiger charge is 2.34. The van der Waals surface area contributed by atoms with Crippen molar-refractivity contribution in [1.82, 2.24) is 15.3 Å². The second-order valence-electron chi connectivity index (χ2n) is 8.07. The molecule has 32 heavy (non-hydrogen) atoms. The van der Waals surface area contributed by atoms with Gasteiger partial charge in [-0.1, -0.05) is 26.8 Å². The number of nitrogens with one attached hydrogen (secondary N) is 1. The van der Waals surface area contributed by atoms with Crippen LogP contribution in [-0.2, 0) is 9.59 Å². The van der Waals surface area contributed by atoms with E-state index >= 15 is 0 Å². The summed E-state index contributed by atoms with van der Waals surface area (Å²) in [7, 11) is 0. The number of carbonyl (C=O) groups excluding carboxylic acids is 2. The van der Waals surface area contributed by atoms with Gasteiger partial charge >= 0.3 is 0 Å². The molecule has 1 aliphatic heterocycles. The Morgan fingerprint density at radius 3 is 2.81 bits per heavy atom. The van der Waals surface area contributed by atoms with Crippen molar-refractivity contribution in [3.63, 3.8) is 0 Å². The zero-order valence-corrected chi connectivity index (χ0v) is 19.2. The van der Waals surface area contributed by atoms with Crippen LogP contribution in [-0.4, -0.2) is 41.0 Å². The minimum atomic E-state index is -0.596. The van der Waals surface area contributed by atoms with Crippen molar-refractivity contribution in [1.29, 1.82) is 0 Å². The van der Waals surface area contributed by atoms with E-state index in [1.165, 1.54) is 16.2 Å². The average molecular weight is 451 g/mol. The maximum absolute atomic E-state index is 13.0. The predicted molar refractivity (Wildman–Crippen MR) is 126 cm³/mol. The van der Waals surface area contributed by atoms with Gasteiger partial charge in [0.2, 0.25) is 5.91 Å². The van der Waals surface area contributed by atoms with Crippen molar-refractivity contribution in [2.45, 2.75) is 33.3 Å². The first-order valence-electron chi connectivity index (χ1n) is 10.7. The summed E-state index contributed by atoms with van der Waals surface area (Å²) in [6.07, 6.45) is 1.68. The van der Waals surface area contributed by atoms with E-state index in [2.05, 4.69) is 10.3 Å². The number of hydrogen-bond donors (Lipinski definition) is 1. The van der Waals surface area contributed by atoms with Crippen LogP contribution in [0.15, 0.2) is 48.0 Å². The number of thiazole rings is 1. The van der Waals surface area contributed by atoms with Crippen molar-refractivity contribution in [3.05, 3.63) is 48.0 Å². The summed E-state index contributed by atoms with van der Waals surface area (Å²) in [5.74, 6) is 0.534. The Balaban J connectivity index is 1.64. The molecule has 1 atom stereocenters. The van der Waals surface area contributed by atoms with Gasteiger partial charge in [-0.05, 0) is 42.7 Å². The second-order valence-corrected chi connectivity index (χ2v) is 8.93. The van der Waals surface area contributed by atoms with Crippen LogP contribution in [0.3, 0.4) is 0 Å². The molecule has 0 saturated carbocycles. The van der Waals surface area contributed by atoms with Gasteiger partial charge in [0.15, 0.2) is 6.10 Å². The number of aromatic nitrogens is 2. The Labute approximate surface area is 191 Å². The van der Waals surface area contributed by atoms with E-state index in [9.17, 15) is 9.59 Å². The molecule has 0 spiro atoms. The maximum atomic E-state index is 13.0. The minimum Gasteiger partial charge on any atom is -0.478 e.